The van der Waals surface area contributed by atoms with Crippen LogP contribution in [0.2, 0.25) is 0 Å². The van der Waals surface area contributed by atoms with Gasteiger partial charge in [0.25, 0.3) is 0 Å². The van der Waals surface area contributed by atoms with E-state index in [0.29, 0.717) is 19.4 Å². The van der Waals surface area contributed by atoms with Gasteiger partial charge in [-0.1, -0.05) is 37.3 Å². The summed E-state index contributed by atoms with van der Waals surface area (Å²) in [4.78, 5) is 22.2. The molecular formula is C15H24N2O3S3. The summed E-state index contributed by atoms with van der Waals surface area (Å²) in [5.74, 6) is -0.00347. The van der Waals surface area contributed by atoms with Gasteiger partial charge in [0.1, 0.15) is 8.28 Å². The largest absolute Gasteiger partial charge is 0.481 e. The van der Waals surface area contributed by atoms with Crippen LogP contribution in [-0.2, 0) is 9.59 Å². The molecule has 0 saturated carbocycles. The lowest BCUT2D eigenvalue weighted by atomic mass is 10.1. The van der Waals surface area contributed by atoms with Gasteiger partial charge in [-0.25, -0.2) is 0 Å². The van der Waals surface area contributed by atoms with E-state index in [1.165, 1.54) is 23.5 Å². The number of hydrogen-bond donors (Lipinski definition) is 2. The molecule has 0 aromatic rings. The monoisotopic (exact) mass is 376 g/mol. The number of thiocarbonyl (C=S) groups is 1. The van der Waals surface area contributed by atoms with E-state index in [2.05, 4.69) is 11.4 Å². The Labute approximate surface area is 152 Å². The fraction of sp³-hybridized carbons (Fsp3) is 0.733. The highest BCUT2D eigenvalue weighted by Gasteiger charge is 2.27. The molecule has 23 heavy (non-hydrogen) atoms. The number of nitrogens with one attached hydrogen (secondary N) is 1. The Morgan fingerprint density at radius 2 is 2.00 bits per heavy atom. The normalized spacial score (nSPS) is 12.9. The fourth-order valence-electron chi connectivity index (χ4n) is 1.71. The number of carbonyl (C=O) groups excluding carboxylic acids is 1. The van der Waals surface area contributed by atoms with Crippen LogP contribution in [0.15, 0.2) is 0 Å². The van der Waals surface area contributed by atoms with Gasteiger partial charge in [-0.15, -0.1) is 11.8 Å². The zero-order valence-corrected chi connectivity index (χ0v) is 16.0. The molecule has 0 aromatic carbocycles. The average Bonchev–Trinajstić information content (AvgIpc) is 2.48. The Morgan fingerprint density at radius 1 is 1.30 bits per heavy atom. The van der Waals surface area contributed by atoms with Crippen molar-refractivity contribution in [3.63, 3.8) is 0 Å². The molecule has 5 nitrogen and oxygen atoms in total. The predicted molar refractivity (Wildman–Crippen MR) is 101 cm³/mol. The van der Waals surface area contributed by atoms with Crippen molar-refractivity contribution in [2.75, 3.05) is 12.3 Å². The molecule has 0 aliphatic heterocycles. The van der Waals surface area contributed by atoms with E-state index >= 15 is 0 Å². The first kappa shape index (κ1) is 22.2. The van der Waals surface area contributed by atoms with E-state index in [9.17, 15) is 14.9 Å². The standard InChI is InChI=1S/C15H24N2O3S3/c1-3-22-14(21)23-15(2,11-16)9-8-12(18)17-10-6-4-5-7-13(19)20/h3-10H2,1-2H3,(H,17,18)(H,19,20). The molecule has 0 aromatic heterocycles. The highest BCUT2D eigenvalue weighted by Crippen LogP contribution is 2.34. The average molecular weight is 377 g/mol. The molecular weight excluding hydrogens is 352 g/mol. The van der Waals surface area contributed by atoms with Crippen molar-refractivity contribution in [3.8, 4) is 6.07 Å². The summed E-state index contributed by atoms with van der Waals surface area (Å²) in [6.45, 7) is 4.35. The number of thioether (sulfide) groups is 2. The van der Waals surface area contributed by atoms with Crippen LogP contribution in [0, 0.1) is 11.3 Å². The maximum atomic E-state index is 11.8. The lowest BCUT2D eigenvalue weighted by Crippen LogP contribution is -2.28. The minimum absolute atomic E-state index is 0.0839. The third-order valence-electron chi connectivity index (χ3n) is 3.03. The molecule has 0 bridgehead atoms. The van der Waals surface area contributed by atoms with Gasteiger partial charge >= 0.3 is 5.97 Å². The summed E-state index contributed by atoms with van der Waals surface area (Å²) < 4.78 is 0.0494. The quantitative estimate of drug-likeness (QED) is 0.421. The van der Waals surface area contributed by atoms with Gasteiger partial charge in [0.15, 0.2) is 0 Å². The highest BCUT2D eigenvalue weighted by atomic mass is 32.2. The molecule has 0 heterocycles. The summed E-state index contributed by atoms with van der Waals surface area (Å²) in [6.07, 6.45) is 3.07. The third kappa shape index (κ3) is 12.3. The lowest BCUT2D eigenvalue weighted by Gasteiger charge is -2.20. The first-order chi connectivity index (χ1) is 10.8. The van der Waals surface area contributed by atoms with E-state index in [-0.39, 0.29) is 18.7 Å². The van der Waals surface area contributed by atoms with Crippen molar-refractivity contribution < 1.29 is 14.7 Å². The Bertz CT molecular complexity index is 452. The number of aliphatic carboxylic acids is 1. The van der Waals surface area contributed by atoms with Crippen molar-refractivity contribution in [2.45, 2.75) is 57.1 Å². The molecule has 0 spiro atoms. The van der Waals surface area contributed by atoms with E-state index < -0.39 is 10.7 Å². The van der Waals surface area contributed by atoms with Crippen LogP contribution in [0.1, 0.15) is 52.4 Å². The van der Waals surface area contributed by atoms with Crippen molar-refractivity contribution in [3.05, 3.63) is 0 Å². The van der Waals surface area contributed by atoms with Crippen molar-refractivity contribution in [1.82, 2.24) is 5.32 Å². The van der Waals surface area contributed by atoms with Crippen LogP contribution in [0.5, 0.6) is 0 Å². The summed E-state index contributed by atoms with van der Waals surface area (Å²) in [7, 11) is 0. The van der Waals surface area contributed by atoms with Gasteiger partial charge in [0, 0.05) is 19.4 Å². The predicted octanol–water partition coefficient (Wildman–Crippen LogP) is 3.58. The number of carboxylic acids is 1. The second kappa shape index (κ2) is 12.6. The van der Waals surface area contributed by atoms with Crippen LogP contribution in [0.3, 0.4) is 0 Å². The number of unbranched alkanes of at least 4 members (excludes halogenated alkanes) is 2. The third-order valence-corrected chi connectivity index (χ3v) is 5.67. The lowest BCUT2D eigenvalue weighted by molar-refractivity contribution is -0.137. The van der Waals surface area contributed by atoms with Crippen molar-refractivity contribution >= 4 is 51.1 Å². The Kier molecular flexibility index (Phi) is 12.2. The molecule has 2 N–H and O–H groups in total. The maximum Gasteiger partial charge on any atom is 0.303 e. The summed E-state index contributed by atoms with van der Waals surface area (Å²) in [6, 6.07) is 2.24. The fourth-order valence-corrected chi connectivity index (χ4v) is 4.61. The second-order valence-electron chi connectivity index (χ2n) is 5.18. The van der Waals surface area contributed by atoms with Gasteiger partial charge in [-0.3, -0.25) is 9.59 Å². The van der Waals surface area contributed by atoms with Gasteiger partial charge in [-0.05, 0) is 31.9 Å². The number of hydrogen-bond acceptors (Lipinski definition) is 6. The van der Waals surface area contributed by atoms with Crippen LogP contribution >= 0.6 is 35.7 Å². The van der Waals surface area contributed by atoms with E-state index in [1.54, 1.807) is 6.92 Å². The molecule has 0 saturated heterocycles. The number of rotatable bonds is 11. The van der Waals surface area contributed by atoms with Crippen molar-refractivity contribution in [1.29, 1.82) is 5.26 Å². The molecule has 1 amide bonds. The number of nitrogens with zero attached hydrogens (tertiary/aromatic N) is 1. The van der Waals surface area contributed by atoms with E-state index in [4.69, 9.17) is 17.3 Å². The molecule has 0 radical (unpaired) electrons. The van der Waals surface area contributed by atoms with Crippen molar-refractivity contribution in [2.24, 2.45) is 0 Å². The zero-order valence-electron chi connectivity index (χ0n) is 13.6. The van der Waals surface area contributed by atoms with Crippen LogP contribution < -0.4 is 5.32 Å². The molecule has 1 unspecified atom stereocenters. The van der Waals surface area contributed by atoms with Gasteiger partial charge in [0.05, 0.1) is 6.07 Å². The number of carboxylic acid groups (broad SMARTS) is 1. The molecule has 130 valence electrons. The molecule has 0 fully saturated rings. The molecule has 8 heteroatoms. The van der Waals surface area contributed by atoms with Crippen LogP contribution in [-0.4, -0.2) is 37.6 Å². The highest BCUT2D eigenvalue weighted by molar-refractivity contribution is 8.47. The molecule has 1 atom stereocenters. The smallest absolute Gasteiger partial charge is 0.303 e. The van der Waals surface area contributed by atoms with Crippen LogP contribution in [0.25, 0.3) is 0 Å². The van der Waals surface area contributed by atoms with E-state index in [0.717, 1.165) is 22.1 Å². The van der Waals surface area contributed by atoms with E-state index in [1.807, 2.05) is 6.92 Å². The SMILES string of the molecule is CCSC(=S)SC(C)(C#N)CCC(=O)NCCCCCC(=O)O. The zero-order chi connectivity index (χ0) is 17.7. The number of amides is 1. The van der Waals surface area contributed by atoms with Gasteiger partial charge in [-0.2, -0.15) is 5.26 Å². The Morgan fingerprint density at radius 3 is 2.57 bits per heavy atom. The Hall–Kier alpha value is -0.780. The molecule has 0 aliphatic carbocycles. The van der Waals surface area contributed by atoms with Crippen LogP contribution in [0.4, 0.5) is 0 Å². The number of carbonyl (C=O) groups is 2. The topological polar surface area (TPSA) is 90.2 Å². The minimum atomic E-state index is -0.790. The second-order valence-corrected chi connectivity index (χ2v) is 9.15. The summed E-state index contributed by atoms with van der Waals surface area (Å²) in [5, 5.41) is 20.6. The number of nitriles is 1. The summed E-state index contributed by atoms with van der Waals surface area (Å²) >= 11 is 8.09. The minimum Gasteiger partial charge on any atom is -0.481 e. The van der Waals surface area contributed by atoms with Gasteiger partial charge in [0.2, 0.25) is 5.91 Å². The first-order valence-electron chi connectivity index (χ1n) is 7.58. The van der Waals surface area contributed by atoms with Gasteiger partial charge < -0.3 is 10.4 Å². The first-order valence-corrected chi connectivity index (χ1v) is 9.79. The Balaban J connectivity index is 3.94. The molecule has 0 aliphatic rings. The molecule has 0 rings (SSSR count). The summed E-state index contributed by atoms with van der Waals surface area (Å²) in [5.41, 5.74) is 0. The maximum absolute atomic E-state index is 11.8.